The van der Waals surface area contributed by atoms with Gasteiger partial charge in [0.25, 0.3) is 0 Å². The smallest absolute Gasteiger partial charge is 0.410 e. The Morgan fingerprint density at radius 3 is 2.79 bits per heavy atom. The van der Waals surface area contributed by atoms with Crippen molar-refractivity contribution in [1.82, 2.24) is 10.6 Å². The van der Waals surface area contributed by atoms with Crippen LogP contribution in [0, 0.1) is 0 Å². The number of ether oxygens (including phenoxy) is 1. The van der Waals surface area contributed by atoms with Crippen molar-refractivity contribution in [3.8, 4) is 5.75 Å². The van der Waals surface area contributed by atoms with Crippen molar-refractivity contribution >= 4 is 6.09 Å². The van der Waals surface area contributed by atoms with Gasteiger partial charge in [0.15, 0.2) is 0 Å². The number of hydrogen-bond donors (Lipinski definition) is 2. The second-order valence-electron chi connectivity index (χ2n) is 5.29. The van der Waals surface area contributed by atoms with E-state index in [1.807, 2.05) is 24.3 Å². The van der Waals surface area contributed by atoms with Crippen molar-refractivity contribution in [3.63, 3.8) is 0 Å². The summed E-state index contributed by atoms with van der Waals surface area (Å²) in [4.78, 5) is 11.8. The maximum absolute atomic E-state index is 11.8. The van der Waals surface area contributed by atoms with Crippen LogP contribution in [0.2, 0.25) is 0 Å². The third-order valence-corrected chi connectivity index (χ3v) is 3.40. The van der Waals surface area contributed by atoms with Gasteiger partial charge in [-0.2, -0.15) is 0 Å². The minimum atomic E-state index is -0.354. The van der Waals surface area contributed by atoms with Gasteiger partial charge in [0.1, 0.15) is 5.75 Å². The van der Waals surface area contributed by atoms with E-state index in [4.69, 9.17) is 4.74 Å². The highest BCUT2D eigenvalue weighted by molar-refractivity contribution is 5.70. The first-order valence-electron chi connectivity index (χ1n) is 6.94. The van der Waals surface area contributed by atoms with Crippen LogP contribution in [0.3, 0.4) is 0 Å². The Morgan fingerprint density at radius 2 is 2.11 bits per heavy atom. The van der Waals surface area contributed by atoms with E-state index in [9.17, 15) is 4.79 Å². The minimum absolute atomic E-state index is 0.224. The van der Waals surface area contributed by atoms with E-state index < -0.39 is 0 Å². The first-order chi connectivity index (χ1) is 9.15. The van der Waals surface area contributed by atoms with Crippen molar-refractivity contribution in [1.29, 1.82) is 0 Å². The Kier molecular flexibility index (Phi) is 4.80. The van der Waals surface area contributed by atoms with Crippen molar-refractivity contribution in [2.75, 3.05) is 13.1 Å². The van der Waals surface area contributed by atoms with Crippen LogP contribution in [-0.4, -0.2) is 25.2 Å². The van der Waals surface area contributed by atoms with E-state index in [0.717, 1.165) is 25.9 Å². The van der Waals surface area contributed by atoms with E-state index in [2.05, 4.69) is 24.5 Å². The van der Waals surface area contributed by atoms with Crippen LogP contribution in [0.1, 0.15) is 38.2 Å². The van der Waals surface area contributed by atoms with Crippen LogP contribution in [0.4, 0.5) is 4.79 Å². The predicted octanol–water partition coefficient (Wildman–Crippen LogP) is 2.65. The topological polar surface area (TPSA) is 50.4 Å². The second-order valence-corrected chi connectivity index (χ2v) is 5.29. The molecule has 1 heterocycles. The van der Waals surface area contributed by atoms with Crippen LogP contribution in [0.15, 0.2) is 24.3 Å². The fraction of sp³-hybridized carbons (Fsp3) is 0.533. The van der Waals surface area contributed by atoms with Crippen molar-refractivity contribution in [2.45, 2.75) is 38.6 Å². The van der Waals surface area contributed by atoms with E-state index in [0.29, 0.717) is 11.7 Å². The normalized spacial score (nSPS) is 16.4. The molecule has 0 aromatic heterocycles. The fourth-order valence-electron chi connectivity index (χ4n) is 2.21. The van der Waals surface area contributed by atoms with Crippen molar-refractivity contribution in [3.05, 3.63) is 29.8 Å². The molecule has 0 spiro atoms. The monoisotopic (exact) mass is 262 g/mol. The molecule has 0 bridgehead atoms. The van der Waals surface area contributed by atoms with Gasteiger partial charge in [-0.15, -0.1) is 0 Å². The Labute approximate surface area is 114 Å². The number of benzene rings is 1. The predicted molar refractivity (Wildman–Crippen MR) is 75.6 cm³/mol. The molecule has 0 unspecified atom stereocenters. The zero-order valence-corrected chi connectivity index (χ0v) is 11.6. The molecule has 1 aromatic rings. The summed E-state index contributed by atoms with van der Waals surface area (Å²) in [5.74, 6) is 1.04. The Balaban J connectivity index is 1.89. The largest absolute Gasteiger partial charge is 0.412 e. The maximum Gasteiger partial charge on any atom is 0.412 e. The molecule has 19 heavy (non-hydrogen) atoms. The molecule has 4 nitrogen and oxygen atoms in total. The number of hydrogen-bond acceptors (Lipinski definition) is 3. The van der Waals surface area contributed by atoms with Crippen LogP contribution in [0.25, 0.3) is 0 Å². The highest BCUT2D eigenvalue weighted by atomic mass is 16.6. The third kappa shape index (κ3) is 4.24. The van der Waals surface area contributed by atoms with Crippen LogP contribution < -0.4 is 15.4 Å². The summed E-state index contributed by atoms with van der Waals surface area (Å²) in [7, 11) is 0. The highest BCUT2D eigenvalue weighted by Gasteiger charge is 2.16. The molecule has 104 valence electrons. The van der Waals surface area contributed by atoms with Gasteiger partial charge in [-0.3, -0.25) is 0 Å². The van der Waals surface area contributed by atoms with Crippen molar-refractivity contribution < 1.29 is 9.53 Å². The molecule has 1 aromatic carbocycles. The van der Waals surface area contributed by atoms with Gasteiger partial charge >= 0.3 is 6.09 Å². The number of carbonyl (C=O) groups excluding carboxylic acids is 1. The Bertz CT molecular complexity index is 426. The summed E-state index contributed by atoms with van der Waals surface area (Å²) in [6, 6.07) is 7.92. The number of amides is 1. The number of rotatable bonds is 3. The summed E-state index contributed by atoms with van der Waals surface area (Å²) >= 11 is 0. The number of piperidine rings is 1. The maximum atomic E-state index is 11.8. The molecule has 2 rings (SSSR count). The minimum Gasteiger partial charge on any atom is -0.410 e. The highest BCUT2D eigenvalue weighted by Crippen LogP contribution is 2.20. The molecule has 0 radical (unpaired) electrons. The van der Waals surface area contributed by atoms with Gasteiger partial charge in [0, 0.05) is 6.04 Å². The van der Waals surface area contributed by atoms with E-state index in [1.54, 1.807) is 0 Å². The van der Waals surface area contributed by atoms with Gasteiger partial charge in [-0.05, 0) is 49.5 Å². The van der Waals surface area contributed by atoms with Gasteiger partial charge in [-0.25, -0.2) is 4.79 Å². The number of nitrogens with one attached hydrogen (secondary N) is 2. The molecule has 2 N–H and O–H groups in total. The zero-order valence-electron chi connectivity index (χ0n) is 11.6. The lowest BCUT2D eigenvalue weighted by atomic mass is 10.0. The summed E-state index contributed by atoms with van der Waals surface area (Å²) in [5.41, 5.74) is 1.17. The molecule has 1 fully saturated rings. The molecule has 1 aliphatic rings. The molecular formula is C15H22N2O2. The van der Waals surface area contributed by atoms with Gasteiger partial charge in [0.2, 0.25) is 0 Å². The quantitative estimate of drug-likeness (QED) is 0.880. The van der Waals surface area contributed by atoms with Crippen LogP contribution in [0.5, 0.6) is 5.75 Å². The fourth-order valence-corrected chi connectivity index (χ4v) is 2.21. The van der Waals surface area contributed by atoms with Crippen molar-refractivity contribution in [2.24, 2.45) is 0 Å². The lowest BCUT2D eigenvalue weighted by Gasteiger charge is -2.23. The lowest BCUT2D eigenvalue weighted by Crippen LogP contribution is -2.43. The molecule has 0 aliphatic carbocycles. The average molecular weight is 262 g/mol. The summed E-state index contributed by atoms with van der Waals surface area (Å²) in [6.45, 7) is 6.14. The molecule has 1 saturated heterocycles. The summed E-state index contributed by atoms with van der Waals surface area (Å²) < 4.78 is 5.34. The first kappa shape index (κ1) is 13.9. The second kappa shape index (κ2) is 6.57. The molecule has 1 amide bonds. The lowest BCUT2D eigenvalue weighted by molar-refractivity contribution is 0.192. The summed E-state index contributed by atoms with van der Waals surface area (Å²) in [6.07, 6.45) is 1.57. The van der Waals surface area contributed by atoms with Gasteiger partial charge in [0.05, 0.1) is 0 Å². The Morgan fingerprint density at radius 1 is 1.37 bits per heavy atom. The summed E-state index contributed by atoms with van der Waals surface area (Å²) in [5, 5.41) is 6.18. The molecule has 0 atom stereocenters. The van der Waals surface area contributed by atoms with E-state index in [-0.39, 0.29) is 12.1 Å². The molecule has 1 aliphatic heterocycles. The zero-order chi connectivity index (χ0) is 13.7. The van der Waals surface area contributed by atoms with Gasteiger partial charge < -0.3 is 15.4 Å². The first-order valence-corrected chi connectivity index (χ1v) is 6.94. The third-order valence-electron chi connectivity index (χ3n) is 3.40. The van der Waals surface area contributed by atoms with Crippen LogP contribution in [-0.2, 0) is 0 Å². The Hall–Kier alpha value is -1.55. The molecule has 4 heteroatoms. The SMILES string of the molecule is CC(C)c1cccc(OC(=O)NC2CCNCC2)c1. The van der Waals surface area contributed by atoms with E-state index >= 15 is 0 Å². The average Bonchev–Trinajstić information content (AvgIpc) is 2.40. The van der Waals surface area contributed by atoms with E-state index in [1.165, 1.54) is 5.56 Å². The number of carbonyl (C=O) groups is 1. The molecular weight excluding hydrogens is 240 g/mol. The standard InChI is InChI=1S/C15H22N2O2/c1-11(2)12-4-3-5-14(10-12)19-15(18)17-13-6-8-16-9-7-13/h3-5,10-11,13,16H,6-9H2,1-2H3,(H,17,18). The van der Waals surface area contributed by atoms with Crippen LogP contribution >= 0.6 is 0 Å². The molecule has 0 saturated carbocycles. The van der Waals surface area contributed by atoms with Gasteiger partial charge in [-0.1, -0.05) is 26.0 Å².